The van der Waals surface area contributed by atoms with Crippen molar-refractivity contribution in [3.63, 3.8) is 0 Å². The minimum absolute atomic E-state index is 0.0294. The lowest BCUT2D eigenvalue weighted by atomic mass is 9.93. The van der Waals surface area contributed by atoms with E-state index in [2.05, 4.69) is 26.8 Å². The second kappa shape index (κ2) is 3.54. The topological polar surface area (TPSA) is 96.7 Å². The van der Waals surface area contributed by atoms with E-state index in [1.165, 1.54) is 5.56 Å². The number of amides is 1. The molecule has 2 aromatic rings. The Morgan fingerprint density at radius 2 is 2.26 bits per heavy atom. The highest BCUT2D eigenvalue weighted by Gasteiger charge is 2.68. The molecular weight excluding hydrogens is 242 g/mol. The van der Waals surface area contributed by atoms with E-state index in [1.54, 1.807) is 0 Å². The zero-order chi connectivity index (χ0) is 13.0. The van der Waals surface area contributed by atoms with Gasteiger partial charge < -0.3 is 11.1 Å². The number of H-pyrrole nitrogens is 1. The van der Waals surface area contributed by atoms with Crippen molar-refractivity contribution in [1.82, 2.24) is 20.7 Å². The Balaban J connectivity index is 1.65. The second-order valence-electron chi connectivity index (χ2n) is 5.67. The summed E-state index contributed by atoms with van der Waals surface area (Å²) in [5, 5.41) is 14.1. The summed E-state index contributed by atoms with van der Waals surface area (Å²) in [5.41, 5.74) is 8.46. The first-order valence-corrected chi connectivity index (χ1v) is 6.50. The highest BCUT2D eigenvalue weighted by Crippen LogP contribution is 2.62. The van der Waals surface area contributed by atoms with E-state index in [1.807, 2.05) is 12.1 Å². The van der Waals surface area contributed by atoms with Gasteiger partial charge in [-0.2, -0.15) is 15.4 Å². The number of fused-ring (bicyclic) bond motifs is 2. The summed E-state index contributed by atoms with van der Waals surface area (Å²) in [5.74, 6) is 0.272. The number of hydrogen-bond acceptors (Lipinski definition) is 4. The van der Waals surface area contributed by atoms with Gasteiger partial charge in [-0.05, 0) is 36.6 Å². The van der Waals surface area contributed by atoms with Gasteiger partial charge in [-0.15, -0.1) is 0 Å². The van der Waals surface area contributed by atoms with E-state index in [4.69, 9.17) is 5.73 Å². The molecule has 3 unspecified atom stereocenters. The number of nitrogens with one attached hydrogen (secondary N) is 2. The molecule has 2 heterocycles. The zero-order valence-corrected chi connectivity index (χ0v) is 10.4. The maximum Gasteiger partial charge on any atom is 0.221 e. The monoisotopic (exact) mass is 257 g/mol. The van der Waals surface area contributed by atoms with Crippen molar-refractivity contribution in [2.45, 2.75) is 6.42 Å². The summed E-state index contributed by atoms with van der Waals surface area (Å²) in [6, 6.07) is 6.06. The SMILES string of the molecule is NC(=O)C1C2CNCC21Cc1ccc2n[nH]nc2c1. The Morgan fingerprint density at radius 1 is 1.42 bits per heavy atom. The first-order valence-electron chi connectivity index (χ1n) is 6.50. The van der Waals surface area contributed by atoms with E-state index in [0.717, 1.165) is 30.5 Å². The molecule has 1 saturated carbocycles. The van der Waals surface area contributed by atoms with Gasteiger partial charge in [0.25, 0.3) is 0 Å². The fraction of sp³-hybridized carbons (Fsp3) is 0.462. The number of aromatic nitrogens is 3. The van der Waals surface area contributed by atoms with Gasteiger partial charge >= 0.3 is 0 Å². The van der Waals surface area contributed by atoms with Crippen LogP contribution in [0.5, 0.6) is 0 Å². The predicted molar refractivity (Wildman–Crippen MR) is 69.1 cm³/mol. The maximum absolute atomic E-state index is 11.5. The molecule has 0 spiro atoms. The number of primary amides is 1. The third kappa shape index (κ3) is 1.43. The molecule has 1 aliphatic carbocycles. The predicted octanol–water partition coefficient (Wildman–Crippen LogP) is -0.179. The number of hydrogen-bond donors (Lipinski definition) is 3. The largest absolute Gasteiger partial charge is 0.369 e. The van der Waals surface area contributed by atoms with Gasteiger partial charge in [0.05, 0.1) is 0 Å². The lowest BCUT2D eigenvalue weighted by Gasteiger charge is -2.14. The molecule has 4 rings (SSSR count). The van der Waals surface area contributed by atoms with Gasteiger partial charge in [0.1, 0.15) is 11.0 Å². The second-order valence-corrected chi connectivity index (χ2v) is 5.67. The summed E-state index contributed by atoms with van der Waals surface area (Å²) >= 11 is 0. The van der Waals surface area contributed by atoms with Crippen LogP contribution in [0.4, 0.5) is 0 Å². The van der Waals surface area contributed by atoms with Crippen molar-refractivity contribution in [2.24, 2.45) is 23.0 Å². The van der Waals surface area contributed by atoms with Gasteiger partial charge in [0, 0.05) is 17.9 Å². The van der Waals surface area contributed by atoms with E-state index < -0.39 is 0 Å². The molecule has 6 heteroatoms. The van der Waals surface area contributed by atoms with Crippen molar-refractivity contribution >= 4 is 16.9 Å². The number of aromatic amines is 1. The quantitative estimate of drug-likeness (QED) is 0.710. The number of rotatable bonds is 3. The van der Waals surface area contributed by atoms with E-state index in [-0.39, 0.29) is 17.2 Å². The molecule has 19 heavy (non-hydrogen) atoms. The summed E-state index contributed by atoms with van der Waals surface area (Å²) in [6.07, 6.45) is 0.876. The van der Waals surface area contributed by atoms with E-state index in [9.17, 15) is 4.79 Å². The summed E-state index contributed by atoms with van der Waals surface area (Å²) in [7, 11) is 0. The highest BCUT2D eigenvalue weighted by molar-refractivity contribution is 5.82. The molecular formula is C13H15N5O. The van der Waals surface area contributed by atoms with Crippen LogP contribution in [0.25, 0.3) is 11.0 Å². The average Bonchev–Trinajstić information content (AvgIpc) is 2.75. The van der Waals surface area contributed by atoms with Gasteiger partial charge in [0.2, 0.25) is 5.91 Å². The van der Waals surface area contributed by atoms with Crippen molar-refractivity contribution in [3.05, 3.63) is 23.8 Å². The minimum Gasteiger partial charge on any atom is -0.369 e. The molecule has 1 aromatic heterocycles. The smallest absolute Gasteiger partial charge is 0.221 e. The van der Waals surface area contributed by atoms with Gasteiger partial charge in [-0.1, -0.05) is 6.07 Å². The molecule has 6 nitrogen and oxygen atoms in total. The van der Waals surface area contributed by atoms with Crippen LogP contribution in [-0.4, -0.2) is 34.4 Å². The molecule has 1 saturated heterocycles. The van der Waals surface area contributed by atoms with Crippen LogP contribution in [-0.2, 0) is 11.2 Å². The fourth-order valence-corrected chi connectivity index (χ4v) is 3.76. The van der Waals surface area contributed by atoms with E-state index in [0.29, 0.717) is 5.92 Å². The molecule has 4 N–H and O–H groups in total. The Hall–Kier alpha value is -1.95. The van der Waals surface area contributed by atoms with Crippen molar-refractivity contribution < 1.29 is 4.79 Å². The zero-order valence-electron chi connectivity index (χ0n) is 10.4. The first-order chi connectivity index (χ1) is 9.21. The first kappa shape index (κ1) is 10.9. The molecule has 3 atom stereocenters. The standard InChI is InChI=1S/C13H15N5O/c14-12(19)11-8-5-15-6-13(8,11)4-7-1-2-9-10(3-7)17-18-16-9/h1-3,8,11,15H,4-6H2,(H2,14,19)(H,16,17,18). The summed E-state index contributed by atoms with van der Waals surface area (Å²) < 4.78 is 0. The number of nitrogens with zero attached hydrogens (tertiary/aromatic N) is 2. The highest BCUT2D eigenvalue weighted by atomic mass is 16.1. The van der Waals surface area contributed by atoms with Gasteiger partial charge in [-0.25, -0.2) is 0 Å². The van der Waals surface area contributed by atoms with E-state index >= 15 is 0 Å². The number of benzene rings is 1. The third-order valence-corrected chi connectivity index (χ3v) is 4.69. The number of piperidine rings is 1. The maximum atomic E-state index is 11.5. The van der Waals surface area contributed by atoms with Gasteiger partial charge in [-0.3, -0.25) is 4.79 Å². The number of carbonyl (C=O) groups is 1. The molecule has 2 aliphatic rings. The van der Waals surface area contributed by atoms with Crippen LogP contribution < -0.4 is 11.1 Å². The Labute approximate surface area is 109 Å². The summed E-state index contributed by atoms with van der Waals surface area (Å²) in [6.45, 7) is 1.78. The fourth-order valence-electron chi connectivity index (χ4n) is 3.76. The molecule has 1 amide bonds. The van der Waals surface area contributed by atoms with Crippen LogP contribution in [0.3, 0.4) is 0 Å². The molecule has 2 fully saturated rings. The molecule has 98 valence electrons. The van der Waals surface area contributed by atoms with Crippen molar-refractivity contribution in [1.29, 1.82) is 0 Å². The van der Waals surface area contributed by atoms with Crippen LogP contribution in [0.1, 0.15) is 5.56 Å². The average molecular weight is 257 g/mol. The van der Waals surface area contributed by atoms with Crippen molar-refractivity contribution in [2.75, 3.05) is 13.1 Å². The lowest BCUT2D eigenvalue weighted by Crippen LogP contribution is -2.28. The molecule has 0 bridgehead atoms. The number of nitrogens with two attached hydrogens (primary N) is 1. The third-order valence-electron chi connectivity index (χ3n) is 4.69. The van der Waals surface area contributed by atoms with Crippen LogP contribution >= 0.6 is 0 Å². The molecule has 0 radical (unpaired) electrons. The molecule has 1 aromatic carbocycles. The Kier molecular flexibility index (Phi) is 2.04. The number of carbonyl (C=O) groups excluding carboxylic acids is 1. The van der Waals surface area contributed by atoms with Crippen LogP contribution in [0.2, 0.25) is 0 Å². The summed E-state index contributed by atoms with van der Waals surface area (Å²) in [4.78, 5) is 11.5. The van der Waals surface area contributed by atoms with Crippen LogP contribution in [0, 0.1) is 17.3 Å². The Bertz CT molecular complexity index is 666. The van der Waals surface area contributed by atoms with Crippen LogP contribution in [0.15, 0.2) is 18.2 Å². The van der Waals surface area contributed by atoms with Gasteiger partial charge in [0.15, 0.2) is 0 Å². The Morgan fingerprint density at radius 3 is 3.05 bits per heavy atom. The minimum atomic E-state index is -0.158. The van der Waals surface area contributed by atoms with Crippen molar-refractivity contribution in [3.8, 4) is 0 Å². The molecule has 1 aliphatic heterocycles. The normalized spacial score (nSPS) is 32.4. The lowest BCUT2D eigenvalue weighted by molar-refractivity contribution is -0.120.